The number of nitrogens with two attached hydrogens (primary N) is 1. The molecule has 4 N–H and O–H groups in total. The number of hydrogen-bond donors (Lipinski definition) is 3. The molecular weight excluding hydrogens is 278 g/mol. The molecule has 1 aliphatic heterocycles. The van der Waals surface area contributed by atoms with Crippen molar-refractivity contribution in [2.24, 2.45) is 5.92 Å². The van der Waals surface area contributed by atoms with Gasteiger partial charge in [-0.2, -0.15) is 0 Å². The first-order valence-electron chi connectivity index (χ1n) is 6.67. The summed E-state index contributed by atoms with van der Waals surface area (Å²) < 4.78 is 25.8. The Morgan fingerprint density at radius 2 is 2.05 bits per heavy atom. The van der Waals surface area contributed by atoms with Gasteiger partial charge in [-0.25, -0.2) is 13.1 Å². The van der Waals surface area contributed by atoms with Crippen LogP contribution in [-0.4, -0.2) is 40.3 Å². The van der Waals surface area contributed by atoms with Crippen molar-refractivity contribution in [3.63, 3.8) is 0 Å². The third-order valence-corrected chi connectivity index (χ3v) is 5.28. The molecule has 1 aliphatic rings. The van der Waals surface area contributed by atoms with Gasteiger partial charge in [0.2, 0.25) is 10.0 Å². The Hall–Kier alpha value is -1.31. The number of benzene rings is 1. The predicted molar refractivity (Wildman–Crippen MR) is 79.1 cm³/mol. The van der Waals surface area contributed by atoms with E-state index >= 15 is 0 Å². The third kappa shape index (κ3) is 3.05. The van der Waals surface area contributed by atoms with Gasteiger partial charge < -0.3 is 15.7 Å². The Kier molecular flexibility index (Phi) is 4.52. The van der Waals surface area contributed by atoms with Crippen LogP contribution in [0.4, 0.5) is 11.4 Å². The zero-order valence-corrected chi connectivity index (χ0v) is 12.4. The van der Waals surface area contributed by atoms with Crippen LogP contribution in [0.25, 0.3) is 0 Å². The molecule has 1 fully saturated rings. The lowest BCUT2D eigenvalue weighted by Crippen LogP contribution is -2.34. The van der Waals surface area contributed by atoms with Crippen molar-refractivity contribution < 1.29 is 13.5 Å². The maximum absolute atomic E-state index is 11.8. The number of anilines is 2. The summed E-state index contributed by atoms with van der Waals surface area (Å²) in [4.78, 5) is 2.27. The van der Waals surface area contributed by atoms with E-state index in [-0.39, 0.29) is 17.2 Å². The minimum atomic E-state index is -3.52. The second kappa shape index (κ2) is 5.99. The molecule has 0 radical (unpaired) electrons. The van der Waals surface area contributed by atoms with Gasteiger partial charge in [0.1, 0.15) is 4.90 Å². The van der Waals surface area contributed by atoms with Crippen LogP contribution in [0, 0.1) is 5.92 Å². The number of hydrogen-bond acceptors (Lipinski definition) is 5. The Labute approximate surface area is 119 Å². The van der Waals surface area contributed by atoms with E-state index in [1.807, 2.05) is 0 Å². The fraction of sp³-hybridized carbons (Fsp3) is 0.538. The Bertz CT molecular complexity index is 566. The van der Waals surface area contributed by atoms with Crippen LogP contribution in [0.15, 0.2) is 23.1 Å². The molecule has 0 atom stereocenters. The molecule has 2 rings (SSSR count). The maximum atomic E-state index is 11.8. The van der Waals surface area contributed by atoms with Gasteiger partial charge in [-0.05, 0) is 44.0 Å². The van der Waals surface area contributed by atoms with E-state index in [4.69, 9.17) is 10.8 Å². The van der Waals surface area contributed by atoms with Crippen molar-refractivity contribution in [1.82, 2.24) is 4.72 Å². The number of nitrogen functional groups attached to an aromatic ring is 1. The molecule has 7 heteroatoms. The first kappa shape index (κ1) is 15.1. The normalized spacial score (nSPS) is 17.4. The highest BCUT2D eigenvalue weighted by Crippen LogP contribution is 2.28. The first-order valence-corrected chi connectivity index (χ1v) is 8.15. The molecule has 0 spiro atoms. The van der Waals surface area contributed by atoms with E-state index < -0.39 is 10.0 Å². The van der Waals surface area contributed by atoms with E-state index in [0.717, 1.165) is 31.6 Å². The molecule has 0 aromatic heterocycles. The highest BCUT2D eigenvalue weighted by molar-refractivity contribution is 7.89. The molecule has 112 valence electrons. The fourth-order valence-electron chi connectivity index (χ4n) is 2.46. The monoisotopic (exact) mass is 299 g/mol. The van der Waals surface area contributed by atoms with Gasteiger partial charge in [0.05, 0.1) is 5.69 Å². The second-order valence-corrected chi connectivity index (χ2v) is 6.90. The van der Waals surface area contributed by atoms with Crippen LogP contribution in [0.5, 0.6) is 0 Å². The molecule has 1 aromatic carbocycles. The van der Waals surface area contributed by atoms with Crippen molar-refractivity contribution in [2.45, 2.75) is 17.7 Å². The topological polar surface area (TPSA) is 95.7 Å². The van der Waals surface area contributed by atoms with Crippen molar-refractivity contribution in [3.05, 3.63) is 18.2 Å². The van der Waals surface area contributed by atoms with Crippen molar-refractivity contribution in [1.29, 1.82) is 0 Å². The average molecular weight is 299 g/mol. The van der Waals surface area contributed by atoms with Gasteiger partial charge in [0.15, 0.2) is 0 Å². The van der Waals surface area contributed by atoms with Gasteiger partial charge in [0, 0.05) is 25.4 Å². The highest BCUT2D eigenvalue weighted by atomic mass is 32.2. The largest absolute Gasteiger partial charge is 0.398 e. The number of nitrogens with zero attached hydrogens (tertiary/aromatic N) is 1. The summed E-state index contributed by atoms with van der Waals surface area (Å²) in [5, 5.41) is 9.13. The fourth-order valence-corrected chi connectivity index (χ4v) is 3.30. The first-order chi connectivity index (χ1) is 9.47. The highest BCUT2D eigenvalue weighted by Gasteiger charge is 2.21. The molecule has 0 amide bonds. The number of rotatable bonds is 4. The van der Waals surface area contributed by atoms with Crippen LogP contribution in [0.2, 0.25) is 0 Å². The van der Waals surface area contributed by atoms with Gasteiger partial charge in [-0.3, -0.25) is 0 Å². The number of sulfonamides is 1. The van der Waals surface area contributed by atoms with E-state index in [9.17, 15) is 8.42 Å². The minimum absolute atomic E-state index is 0.106. The number of aliphatic hydroxyl groups excluding tert-OH is 1. The zero-order valence-electron chi connectivity index (χ0n) is 11.5. The van der Waals surface area contributed by atoms with Crippen molar-refractivity contribution in [2.75, 3.05) is 37.4 Å². The molecule has 20 heavy (non-hydrogen) atoms. The molecular formula is C13H21N3O3S. The van der Waals surface area contributed by atoms with Gasteiger partial charge in [-0.15, -0.1) is 0 Å². The van der Waals surface area contributed by atoms with Crippen LogP contribution in [0.3, 0.4) is 0 Å². The van der Waals surface area contributed by atoms with Crippen molar-refractivity contribution >= 4 is 21.4 Å². The molecule has 1 aromatic rings. The molecule has 0 saturated carbocycles. The molecule has 0 unspecified atom stereocenters. The number of piperidine rings is 1. The SMILES string of the molecule is CNS(=O)(=O)c1ccc(N2CCC(CO)CC2)cc1N. The Balaban J connectivity index is 2.18. The second-order valence-electron chi connectivity index (χ2n) is 5.04. The lowest BCUT2D eigenvalue weighted by atomic mass is 9.97. The lowest BCUT2D eigenvalue weighted by Gasteiger charge is -2.33. The molecule has 1 heterocycles. The van der Waals surface area contributed by atoms with Crippen molar-refractivity contribution in [3.8, 4) is 0 Å². The summed E-state index contributed by atoms with van der Waals surface area (Å²) in [6, 6.07) is 5.01. The molecule has 0 aliphatic carbocycles. The summed E-state index contributed by atoms with van der Waals surface area (Å²) in [5.41, 5.74) is 7.03. The van der Waals surface area contributed by atoms with Crippen LogP contribution in [0.1, 0.15) is 12.8 Å². The smallest absolute Gasteiger partial charge is 0.242 e. The average Bonchev–Trinajstić information content (AvgIpc) is 2.47. The molecule has 0 bridgehead atoms. The molecule has 1 saturated heterocycles. The van der Waals surface area contributed by atoms with E-state index in [2.05, 4.69) is 9.62 Å². The van der Waals surface area contributed by atoms with E-state index in [1.54, 1.807) is 12.1 Å². The summed E-state index contributed by atoms with van der Waals surface area (Å²) in [5.74, 6) is 0.368. The Morgan fingerprint density at radius 1 is 1.40 bits per heavy atom. The van der Waals surface area contributed by atoms with Gasteiger partial charge in [-0.1, -0.05) is 0 Å². The number of aliphatic hydroxyl groups is 1. The quantitative estimate of drug-likeness (QED) is 0.699. The standard InChI is InChI=1S/C13H21N3O3S/c1-15-20(18,19)13-3-2-11(8-12(13)14)16-6-4-10(9-17)5-7-16/h2-3,8,10,15,17H,4-7,9,14H2,1H3. The third-order valence-electron chi connectivity index (χ3n) is 3.79. The van der Waals surface area contributed by atoms with Crippen LogP contribution >= 0.6 is 0 Å². The molecule has 6 nitrogen and oxygen atoms in total. The van der Waals surface area contributed by atoms with Gasteiger partial charge >= 0.3 is 0 Å². The minimum Gasteiger partial charge on any atom is -0.398 e. The predicted octanol–water partition coefficient (Wildman–Crippen LogP) is 0.386. The van der Waals surface area contributed by atoms with Crippen LogP contribution < -0.4 is 15.4 Å². The summed E-state index contributed by atoms with van der Waals surface area (Å²) in [6.45, 7) is 1.93. The zero-order chi connectivity index (χ0) is 14.8. The maximum Gasteiger partial charge on any atom is 0.242 e. The lowest BCUT2D eigenvalue weighted by molar-refractivity contribution is 0.203. The Morgan fingerprint density at radius 3 is 2.55 bits per heavy atom. The van der Waals surface area contributed by atoms with E-state index in [0.29, 0.717) is 5.92 Å². The summed E-state index contributed by atoms with van der Waals surface area (Å²) in [7, 11) is -2.15. The van der Waals surface area contributed by atoms with Crippen LogP contribution in [-0.2, 0) is 10.0 Å². The number of nitrogens with one attached hydrogen (secondary N) is 1. The van der Waals surface area contributed by atoms with E-state index in [1.165, 1.54) is 13.1 Å². The summed E-state index contributed by atoms with van der Waals surface area (Å²) in [6.07, 6.45) is 1.87. The van der Waals surface area contributed by atoms with Gasteiger partial charge in [0.25, 0.3) is 0 Å². The summed E-state index contributed by atoms with van der Waals surface area (Å²) >= 11 is 0.